The van der Waals surface area contributed by atoms with Gasteiger partial charge in [-0.1, -0.05) is 6.92 Å². The Kier molecular flexibility index (Phi) is 4.97. The molecule has 1 rings (SSSR count). The molecule has 100 valence electrons. The van der Waals surface area contributed by atoms with Crippen LogP contribution in [0.2, 0.25) is 0 Å². The Bertz CT molecular complexity index is 399. The van der Waals surface area contributed by atoms with E-state index in [1.165, 1.54) is 18.2 Å². The molecule has 5 nitrogen and oxygen atoms in total. The largest absolute Gasteiger partial charge is 0.508 e. The van der Waals surface area contributed by atoms with E-state index in [1.807, 2.05) is 13.8 Å². The van der Waals surface area contributed by atoms with Gasteiger partial charge in [-0.25, -0.2) is 0 Å². The molecule has 0 saturated carbocycles. The summed E-state index contributed by atoms with van der Waals surface area (Å²) in [7, 11) is 0. The Morgan fingerprint density at radius 2 is 1.83 bits per heavy atom. The number of aromatic hydroxyl groups is 2. The first kappa shape index (κ1) is 14.3. The van der Waals surface area contributed by atoms with Gasteiger partial charge in [0, 0.05) is 12.1 Å². The zero-order chi connectivity index (χ0) is 13.7. The number of benzene rings is 1. The van der Waals surface area contributed by atoms with Crippen molar-refractivity contribution in [3.8, 4) is 11.5 Å². The van der Waals surface area contributed by atoms with E-state index in [0.717, 1.165) is 6.42 Å². The van der Waals surface area contributed by atoms with E-state index in [-0.39, 0.29) is 24.1 Å². The minimum atomic E-state index is -0.889. The third-order valence-corrected chi connectivity index (χ3v) is 2.80. The molecule has 0 heterocycles. The summed E-state index contributed by atoms with van der Waals surface area (Å²) in [5, 5.41) is 27.8. The topological polar surface area (TPSA) is 81.0 Å². The average molecular weight is 253 g/mol. The van der Waals surface area contributed by atoms with Crippen LogP contribution in [0.1, 0.15) is 31.9 Å². The highest BCUT2D eigenvalue weighted by Crippen LogP contribution is 2.28. The van der Waals surface area contributed by atoms with Crippen LogP contribution < -0.4 is 0 Å². The number of hydrogen-bond acceptors (Lipinski definition) is 4. The Morgan fingerprint density at radius 1 is 1.28 bits per heavy atom. The quantitative estimate of drug-likeness (QED) is 0.722. The maximum atomic E-state index is 10.8. The van der Waals surface area contributed by atoms with Crippen molar-refractivity contribution in [2.75, 3.05) is 13.1 Å². The van der Waals surface area contributed by atoms with Crippen molar-refractivity contribution in [2.24, 2.45) is 0 Å². The van der Waals surface area contributed by atoms with E-state index in [2.05, 4.69) is 0 Å². The summed E-state index contributed by atoms with van der Waals surface area (Å²) >= 11 is 0. The van der Waals surface area contributed by atoms with Gasteiger partial charge in [0.05, 0.1) is 6.54 Å². The summed E-state index contributed by atoms with van der Waals surface area (Å²) in [5.74, 6) is -0.938. The predicted molar refractivity (Wildman–Crippen MR) is 67.7 cm³/mol. The van der Waals surface area contributed by atoms with Gasteiger partial charge < -0.3 is 15.3 Å². The lowest BCUT2D eigenvalue weighted by atomic mass is 10.1. The SMILES string of the molecule is CCCN(CC(=O)O)C(C)c1cc(O)cc(O)c1. The molecule has 0 saturated heterocycles. The molecule has 0 radical (unpaired) electrons. The number of carbonyl (C=O) groups is 1. The van der Waals surface area contributed by atoms with Crippen LogP contribution in [0.15, 0.2) is 18.2 Å². The van der Waals surface area contributed by atoms with Crippen molar-refractivity contribution >= 4 is 5.97 Å². The number of nitrogens with zero attached hydrogens (tertiary/aromatic N) is 1. The first-order valence-electron chi connectivity index (χ1n) is 5.92. The summed E-state index contributed by atoms with van der Waals surface area (Å²) < 4.78 is 0. The third-order valence-electron chi connectivity index (χ3n) is 2.80. The molecule has 1 atom stereocenters. The van der Waals surface area contributed by atoms with Gasteiger partial charge in [0.15, 0.2) is 0 Å². The summed E-state index contributed by atoms with van der Waals surface area (Å²) in [6.07, 6.45) is 0.836. The van der Waals surface area contributed by atoms with Gasteiger partial charge >= 0.3 is 5.97 Å². The number of carboxylic acids is 1. The van der Waals surface area contributed by atoms with Gasteiger partial charge in [-0.15, -0.1) is 0 Å². The second kappa shape index (κ2) is 6.26. The highest BCUT2D eigenvalue weighted by molar-refractivity contribution is 5.69. The Balaban J connectivity index is 2.93. The van der Waals surface area contributed by atoms with Crippen molar-refractivity contribution < 1.29 is 20.1 Å². The first-order valence-corrected chi connectivity index (χ1v) is 5.92. The Hall–Kier alpha value is -1.75. The molecule has 1 aromatic rings. The number of phenols is 2. The molecule has 0 aliphatic heterocycles. The zero-order valence-electron chi connectivity index (χ0n) is 10.6. The number of hydrogen-bond donors (Lipinski definition) is 3. The molecule has 1 aromatic carbocycles. The molecule has 0 amide bonds. The van der Waals surface area contributed by atoms with Crippen molar-refractivity contribution in [1.29, 1.82) is 0 Å². The molecule has 0 fully saturated rings. The smallest absolute Gasteiger partial charge is 0.317 e. The van der Waals surface area contributed by atoms with Gasteiger partial charge in [0.2, 0.25) is 0 Å². The lowest BCUT2D eigenvalue weighted by Gasteiger charge is -2.27. The summed E-state index contributed by atoms with van der Waals surface area (Å²) in [4.78, 5) is 12.6. The lowest BCUT2D eigenvalue weighted by molar-refractivity contribution is -0.138. The first-order chi connectivity index (χ1) is 8.43. The summed E-state index contributed by atoms with van der Waals surface area (Å²) in [5.41, 5.74) is 0.696. The van der Waals surface area contributed by atoms with E-state index in [9.17, 15) is 15.0 Å². The van der Waals surface area contributed by atoms with Crippen LogP contribution in [0.5, 0.6) is 11.5 Å². The van der Waals surface area contributed by atoms with Crippen LogP contribution in [-0.2, 0) is 4.79 Å². The molecule has 1 unspecified atom stereocenters. The highest BCUT2D eigenvalue weighted by atomic mass is 16.4. The average Bonchev–Trinajstić information content (AvgIpc) is 2.25. The maximum absolute atomic E-state index is 10.8. The van der Waals surface area contributed by atoms with E-state index in [4.69, 9.17) is 5.11 Å². The fraction of sp³-hybridized carbons (Fsp3) is 0.462. The molecule has 0 aliphatic rings. The molecule has 18 heavy (non-hydrogen) atoms. The van der Waals surface area contributed by atoms with Crippen molar-refractivity contribution in [1.82, 2.24) is 4.90 Å². The number of rotatable bonds is 6. The zero-order valence-corrected chi connectivity index (χ0v) is 10.6. The number of aliphatic carboxylic acids is 1. The normalized spacial score (nSPS) is 12.6. The molecule has 0 bridgehead atoms. The highest BCUT2D eigenvalue weighted by Gasteiger charge is 2.18. The number of carboxylic acid groups (broad SMARTS) is 1. The maximum Gasteiger partial charge on any atom is 0.317 e. The third kappa shape index (κ3) is 3.92. The van der Waals surface area contributed by atoms with Crippen LogP contribution in [0, 0.1) is 0 Å². The van der Waals surface area contributed by atoms with E-state index in [0.29, 0.717) is 12.1 Å². The molecular formula is C13H19NO4. The summed E-state index contributed by atoms with van der Waals surface area (Å²) in [6, 6.07) is 4.14. The standard InChI is InChI=1S/C13H19NO4/c1-3-4-14(8-13(17)18)9(2)10-5-11(15)7-12(16)6-10/h5-7,9,15-16H,3-4,8H2,1-2H3,(H,17,18). The minimum Gasteiger partial charge on any atom is -0.508 e. The Labute approximate surface area is 106 Å². The predicted octanol–water partition coefficient (Wildman–Crippen LogP) is 1.96. The van der Waals surface area contributed by atoms with Crippen LogP contribution in [0.3, 0.4) is 0 Å². The van der Waals surface area contributed by atoms with E-state index in [1.54, 1.807) is 4.90 Å². The van der Waals surface area contributed by atoms with Gasteiger partial charge in [-0.3, -0.25) is 9.69 Å². The van der Waals surface area contributed by atoms with Crippen molar-refractivity contribution in [3.63, 3.8) is 0 Å². The van der Waals surface area contributed by atoms with Crippen LogP contribution in [0.25, 0.3) is 0 Å². The van der Waals surface area contributed by atoms with Crippen molar-refractivity contribution in [3.05, 3.63) is 23.8 Å². The van der Waals surface area contributed by atoms with E-state index >= 15 is 0 Å². The molecule has 0 aromatic heterocycles. The van der Waals surface area contributed by atoms with Gasteiger partial charge in [0.1, 0.15) is 11.5 Å². The van der Waals surface area contributed by atoms with E-state index < -0.39 is 5.97 Å². The second-order valence-electron chi connectivity index (χ2n) is 4.32. The molecule has 0 aliphatic carbocycles. The molecular weight excluding hydrogens is 234 g/mol. The number of phenolic OH excluding ortho intramolecular Hbond substituents is 2. The van der Waals surface area contributed by atoms with Gasteiger partial charge in [-0.2, -0.15) is 0 Å². The Morgan fingerprint density at radius 3 is 2.28 bits per heavy atom. The van der Waals surface area contributed by atoms with Gasteiger partial charge in [-0.05, 0) is 37.6 Å². The molecule has 5 heteroatoms. The van der Waals surface area contributed by atoms with Gasteiger partial charge in [0.25, 0.3) is 0 Å². The fourth-order valence-electron chi connectivity index (χ4n) is 1.94. The van der Waals surface area contributed by atoms with Crippen LogP contribution >= 0.6 is 0 Å². The minimum absolute atomic E-state index is 0.0244. The molecule has 3 N–H and O–H groups in total. The summed E-state index contributed by atoms with van der Waals surface area (Å²) in [6.45, 7) is 4.41. The van der Waals surface area contributed by atoms with Crippen molar-refractivity contribution in [2.45, 2.75) is 26.3 Å². The molecule has 0 spiro atoms. The second-order valence-corrected chi connectivity index (χ2v) is 4.32. The fourth-order valence-corrected chi connectivity index (χ4v) is 1.94. The van der Waals surface area contributed by atoms with Crippen LogP contribution in [-0.4, -0.2) is 39.3 Å². The van der Waals surface area contributed by atoms with Crippen LogP contribution in [0.4, 0.5) is 0 Å². The monoisotopic (exact) mass is 253 g/mol. The lowest BCUT2D eigenvalue weighted by Crippen LogP contribution is -2.33.